The highest BCUT2D eigenvalue weighted by Gasteiger charge is 2.39. The van der Waals surface area contributed by atoms with Gasteiger partial charge in [-0.1, -0.05) is 13.0 Å². The Bertz CT molecular complexity index is 829. The van der Waals surface area contributed by atoms with Gasteiger partial charge in [0, 0.05) is 36.9 Å². The highest BCUT2D eigenvalue weighted by Crippen LogP contribution is 2.36. The SMILES string of the molecule is CCC(C)NC(=O)c1nnc2n1CC1(CCN(Cc3cccnc3)CC1)COC2. The van der Waals surface area contributed by atoms with Crippen molar-refractivity contribution >= 4 is 5.91 Å². The number of rotatable bonds is 5. The fraction of sp³-hybridized carbons (Fsp3) is 0.619. The van der Waals surface area contributed by atoms with Crippen LogP contribution in [-0.2, 0) is 24.4 Å². The zero-order valence-corrected chi connectivity index (χ0v) is 17.3. The van der Waals surface area contributed by atoms with Crippen LogP contribution in [0.25, 0.3) is 0 Å². The summed E-state index contributed by atoms with van der Waals surface area (Å²) in [5.41, 5.74) is 1.26. The maximum absolute atomic E-state index is 12.7. The van der Waals surface area contributed by atoms with Gasteiger partial charge in [-0.05, 0) is 50.9 Å². The smallest absolute Gasteiger partial charge is 0.289 e. The number of carbonyl (C=O) groups is 1. The van der Waals surface area contributed by atoms with E-state index in [1.165, 1.54) is 5.56 Å². The standard InChI is InChI=1S/C21H30N6O2/c1-3-16(2)23-20(28)19-25-24-18-13-29-15-21(14-27(18)19)6-9-26(10-7-21)12-17-5-4-8-22-11-17/h4-5,8,11,16H,3,6-7,9-10,12-15H2,1-2H3,(H,23,28). The third-order valence-corrected chi connectivity index (χ3v) is 6.20. The van der Waals surface area contributed by atoms with Crippen LogP contribution in [0.5, 0.6) is 0 Å². The Morgan fingerprint density at radius 1 is 1.34 bits per heavy atom. The molecule has 1 atom stereocenters. The highest BCUT2D eigenvalue weighted by atomic mass is 16.5. The molecule has 29 heavy (non-hydrogen) atoms. The number of nitrogens with one attached hydrogen (secondary N) is 1. The van der Waals surface area contributed by atoms with Crippen LogP contribution in [0, 0.1) is 5.41 Å². The topological polar surface area (TPSA) is 85.2 Å². The van der Waals surface area contributed by atoms with Crippen molar-refractivity contribution in [3.05, 3.63) is 41.7 Å². The summed E-state index contributed by atoms with van der Waals surface area (Å²) in [6, 6.07) is 4.22. The molecule has 156 valence electrons. The van der Waals surface area contributed by atoms with E-state index in [1.54, 1.807) is 0 Å². The quantitative estimate of drug-likeness (QED) is 0.829. The lowest BCUT2D eigenvalue weighted by Crippen LogP contribution is -2.44. The van der Waals surface area contributed by atoms with Crippen LogP contribution in [0.15, 0.2) is 24.5 Å². The molecule has 1 spiro atoms. The Hall–Kier alpha value is -2.32. The number of likely N-dealkylation sites (tertiary alicyclic amines) is 1. The van der Waals surface area contributed by atoms with Gasteiger partial charge in [-0.25, -0.2) is 0 Å². The molecule has 1 fully saturated rings. The van der Waals surface area contributed by atoms with E-state index in [9.17, 15) is 4.79 Å². The molecular formula is C21H30N6O2. The Balaban J connectivity index is 1.45. The first-order valence-corrected chi connectivity index (χ1v) is 10.5. The molecule has 2 aliphatic heterocycles. The molecule has 2 aliphatic rings. The summed E-state index contributed by atoms with van der Waals surface area (Å²) in [7, 11) is 0. The van der Waals surface area contributed by atoms with Gasteiger partial charge < -0.3 is 14.6 Å². The molecule has 0 aromatic carbocycles. The van der Waals surface area contributed by atoms with E-state index in [-0.39, 0.29) is 17.4 Å². The lowest BCUT2D eigenvalue weighted by molar-refractivity contribution is -0.00571. The van der Waals surface area contributed by atoms with Gasteiger partial charge >= 0.3 is 0 Å². The second-order valence-corrected chi connectivity index (χ2v) is 8.44. The summed E-state index contributed by atoms with van der Waals surface area (Å²) in [6.07, 6.45) is 6.68. The van der Waals surface area contributed by atoms with Crippen molar-refractivity contribution in [3.63, 3.8) is 0 Å². The third kappa shape index (κ3) is 4.48. The van der Waals surface area contributed by atoms with Gasteiger partial charge in [0.2, 0.25) is 5.82 Å². The van der Waals surface area contributed by atoms with Crippen LogP contribution in [-0.4, -0.2) is 56.3 Å². The highest BCUT2D eigenvalue weighted by molar-refractivity contribution is 5.90. The first-order chi connectivity index (χ1) is 14.1. The number of aromatic nitrogens is 4. The monoisotopic (exact) mass is 398 g/mol. The van der Waals surface area contributed by atoms with Gasteiger partial charge in [-0.15, -0.1) is 10.2 Å². The molecule has 8 nitrogen and oxygen atoms in total. The molecule has 8 heteroatoms. The van der Waals surface area contributed by atoms with Crippen LogP contribution in [0.1, 0.15) is 55.1 Å². The van der Waals surface area contributed by atoms with E-state index in [0.29, 0.717) is 19.0 Å². The Kier molecular flexibility index (Phi) is 5.91. The van der Waals surface area contributed by atoms with E-state index in [4.69, 9.17) is 4.74 Å². The van der Waals surface area contributed by atoms with E-state index < -0.39 is 0 Å². The van der Waals surface area contributed by atoms with Gasteiger partial charge in [0.05, 0.1) is 6.61 Å². The summed E-state index contributed by atoms with van der Waals surface area (Å²) in [4.78, 5) is 19.4. The number of amides is 1. The summed E-state index contributed by atoms with van der Waals surface area (Å²) < 4.78 is 7.97. The lowest BCUT2D eigenvalue weighted by atomic mass is 9.78. The molecule has 0 radical (unpaired) electrons. The van der Waals surface area contributed by atoms with Crippen LogP contribution in [0.4, 0.5) is 0 Å². The van der Waals surface area contributed by atoms with Crippen molar-refractivity contribution in [2.45, 2.75) is 58.8 Å². The van der Waals surface area contributed by atoms with Crippen molar-refractivity contribution in [3.8, 4) is 0 Å². The average Bonchev–Trinajstić information content (AvgIpc) is 3.04. The van der Waals surface area contributed by atoms with E-state index >= 15 is 0 Å². The lowest BCUT2D eigenvalue weighted by Gasteiger charge is -2.41. The first kappa shape index (κ1) is 20.0. The van der Waals surface area contributed by atoms with Crippen LogP contribution in [0.3, 0.4) is 0 Å². The fourth-order valence-electron chi connectivity index (χ4n) is 4.14. The van der Waals surface area contributed by atoms with Crippen LogP contribution in [0.2, 0.25) is 0 Å². The summed E-state index contributed by atoms with van der Waals surface area (Å²) in [5.74, 6) is 1.00. The minimum atomic E-state index is -0.149. The Labute approximate surface area is 171 Å². The van der Waals surface area contributed by atoms with Crippen LogP contribution < -0.4 is 5.32 Å². The zero-order valence-electron chi connectivity index (χ0n) is 17.3. The maximum Gasteiger partial charge on any atom is 0.289 e. The van der Waals surface area contributed by atoms with Gasteiger partial charge in [0.25, 0.3) is 5.91 Å². The van der Waals surface area contributed by atoms with E-state index in [0.717, 1.165) is 51.3 Å². The predicted octanol–water partition coefficient (Wildman–Crippen LogP) is 2.01. The molecule has 1 unspecified atom stereocenters. The Morgan fingerprint density at radius 2 is 2.17 bits per heavy atom. The summed E-state index contributed by atoms with van der Waals surface area (Å²) >= 11 is 0. The Morgan fingerprint density at radius 3 is 2.90 bits per heavy atom. The predicted molar refractivity (Wildman–Crippen MR) is 108 cm³/mol. The number of carbonyl (C=O) groups excluding carboxylic acids is 1. The normalized spacial score (nSPS) is 20.1. The van der Waals surface area contributed by atoms with E-state index in [1.807, 2.05) is 30.0 Å². The van der Waals surface area contributed by atoms with Crippen LogP contribution >= 0.6 is 0 Å². The molecule has 2 aromatic rings. The molecular weight excluding hydrogens is 368 g/mol. The molecule has 1 saturated heterocycles. The number of piperidine rings is 1. The van der Waals surface area contributed by atoms with Crippen molar-refractivity contribution in [2.24, 2.45) is 5.41 Å². The summed E-state index contributed by atoms with van der Waals surface area (Å²) in [5, 5.41) is 11.4. The second-order valence-electron chi connectivity index (χ2n) is 8.44. The molecule has 2 aromatic heterocycles. The van der Waals surface area contributed by atoms with Gasteiger partial charge in [0.15, 0.2) is 5.82 Å². The van der Waals surface area contributed by atoms with Crippen molar-refractivity contribution in [1.29, 1.82) is 0 Å². The molecule has 4 rings (SSSR count). The zero-order chi connectivity index (χ0) is 20.3. The van der Waals surface area contributed by atoms with Gasteiger partial charge in [0.1, 0.15) is 6.61 Å². The number of pyridine rings is 1. The molecule has 0 saturated carbocycles. The molecule has 1 amide bonds. The van der Waals surface area contributed by atoms with Crippen molar-refractivity contribution in [2.75, 3.05) is 19.7 Å². The molecule has 0 bridgehead atoms. The largest absolute Gasteiger partial charge is 0.373 e. The fourth-order valence-corrected chi connectivity index (χ4v) is 4.14. The molecule has 0 aliphatic carbocycles. The van der Waals surface area contributed by atoms with Gasteiger partial charge in [-0.2, -0.15) is 0 Å². The molecule has 1 N–H and O–H groups in total. The number of hydrogen-bond donors (Lipinski definition) is 1. The second kappa shape index (κ2) is 8.59. The summed E-state index contributed by atoms with van der Waals surface area (Å²) in [6.45, 7) is 8.82. The minimum absolute atomic E-state index is 0.0183. The van der Waals surface area contributed by atoms with Gasteiger partial charge in [-0.3, -0.25) is 14.7 Å². The number of nitrogens with zero attached hydrogens (tertiary/aromatic N) is 5. The first-order valence-electron chi connectivity index (χ1n) is 10.5. The third-order valence-electron chi connectivity index (χ3n) is 6.20. The molecule has 4 heterocycles. The maximum atomic E-state index is 12.7. The average molecular weight is 399 g/mol. The number of ether oxygens (including phenoxy) is 1. The minimum Gasteiger partial charge on any atom is -0.373 e. The number of fused-ring (bicyclic) bond motifs is 1. The van der Waals surface area contributed by atoms with E-state index in [2.05, 4.69) is 38.4 Å². The van der Waals surface area contributed by atoms with Crippen molar-refractivity contribution < 1.29 is 9.53 Å². The van der Waals surface area contributed by atoms with Crippen molar-refractivity contribution in [1.82, 2.24) is 30.0 Å². The number of hydrogen-bond acceptors (Lipinski definition) is 6.